The molecule has 3 unspecified atom stereocenters. The van der Waals surface area contributed by atoms with Crippen molar-refractivity contribution in [3.05, 3.63) is 29.3 Å². The summed E-state index contributed by atoms with van der Waals surface area (Å²) in [5.74, 6) is -3.53. The molecule has 1 aromatic carbocycles. The SMILES string of the molecule is O=C(CCC1CC1C(=O)O)COc1ccc2c(c1)C(=O)N(C1CCC(=O)NC1=O)C2=O. The summed E-state index contributed by atoms with van der Waals surface area (Å²) >= 11 is 0. The number of amides is 4. The number of carboxylic acids is 1. The lowest BCUT2D eigenvalue weighted by molar-refractivity contribution is -0.139. The minimum absolute atomic E-state index is 0.0309. The smallest absolute Gasteiger partial charge is 0.306 e. The van der Waals surface area contributed by atoms with Crippen LogP contribution in [0.25, 0.3) is 0 Å². The molecular formula is C21H20N2O8. The molecule has 1 aromatic rings. The summed E-state index contributed by atoms with van der Waals surface area (Å²) in [5.41, 5.74) is 0.198. The maximum absolute atomic E-state index is 12.8. The van der Waals surface area contributed by atoms with Crippen molar-refractivity contribution < 1.29 is 38.6 Å². The first-order valence-corrected chi connectivity index (χ1v) is 9.99. The summed E-state index contributed by atoms with van der Waals surface area (Å²) in [7, 11) is 0. The zero-order chi connectivity index (χ0) is 22.3. The number of rotatable bonds is 8. The lowest BCUT2D eigenvalue weighted by Gasteiger charge is -2.27. The van der Waals surface area contributed by atoms with Gasteiger partial charge in [0, 0.05) is 12.8 Å². The Labute approximate surface area is 176 Å². The summed E-state index contributed by atoms with van der Waals surface area (Å²) in [6, 6.07) is 3.18. The van der Waals surface area contributed by atoms with Crippen LogP contribution in [0.1, 0.15) is 52.8 Å². The van der Waals surface area contributed by atoms with Gasteiger partial charge in [0.2, 0.25) is 11.8 Å². The summed E-state index contributed by atoms with van der Waals surface area (Å²) in [6.07, 6.45) is 1.40. The van der Waals surface area contributed by atoms with Gasteiger partial charge in [0.05, 0.1) is 17.0 Å². The summed E-state index contributed by atoms with van der Waals surface area (Å²) in [4.78, 5) is 72.5. The van der Waals surface area contributed by atoms with Crippen molar-refractivity contribution in [2.45, 2.75) is 38.1 Å². The molecule has 10 nitrogen and oxygen atoms in total. The largest absolute Gasteiger partial charge is 0.486 e. The molecule has 3 atom stereocenters. The Hall–Kier alpha value is -3.56. The molecule has 162 valence electrons. The van der Waals surface area contributed by atoms with Crippen molar-refractivity contribution >= 4 is 35.4 Å². The van der Waals surface area contributed by atoms with E-state index in [0.29, 0.717) is 12.8 Å². The average Bonchev–Trinajstić information content (AvgIpc) is 3.47. The van der Waals surface area contributed by atoms with Gasteiger partial charge >= 0.3 is 5.97 Å². The second-order valence-electron chi connectivity index (χ2n) is 7.96. The van der Waals surface area contributed by atoms with Crippen LogP contribution in [-0.4, -0.2) is 58.0 Å². The van der Waals surface area contributed by atoms with Gasteiger partial charge in [-0.1, -0.05) is 0 Å². The Balaban J connectivity index is 1.36. The third-order valence-electron chi connectivity index (χ3n) is 5.84. The zero-order valence-electron chi connectivity index (χ0n) is 16.5. The Morgan fingerprint density at radius 1 is 1.13 bits per heavy atom. The standard InChI is InChI=1S/C21H20N2O8/c24-11(2-1-10-7-14(10)21(29)30)9-31-12-3-4-13-15(8-12)20(28)23(19(13)27)16-5-6-17(25)22-18(16)26/h3-4,8,10,14,16H,1-2,5-7,9H2,(H,29,30)(H,22,25,26). The van der Waals surface area contributed by atoms with Crippen LogP contribution in [0.15, 0.2) is 18.2 Å². The lowest BCUT2D eigenvalue weighted by atomic mass is 10.0. The third-order valence-corrected chi connectivity index (χ3v) is 5.84. The molecule has 4 rings (SSSR count). The highest BCUT2D eigenvalue weighted by Gasteiger charge is 2.45. The van der Waals surface area contributed by atoms with Crippen LogP contribution in [0.5, 0.6) is 5.75 Å². The second kappa shape index (κ2) is 7.93. The number of piperidine rings is 1. The molecule has 2 aliphatic heterocycles. The van der Waals surface area contributed by atoms with Crippen LogP contribution in [0, 0.1) is 11.8 Å². The summed E-state index contributed by atoms with van der Waals surface area (Å²) in [5, 5.41) is 11.0. The minimum atomic E-state index is -1.05. The lowest BCUT2D eigenvalue weighted by Crippen LogP contribution is -2.54. The Bertz CT molecular complexity index is 1020. The van der Waals surface area contributed by atoms with Gasteiger partial charge in [-0.3, -0.25) is 39.0 Å². The molecule has 1 saturated carbocycles. The number of imide groups is 2. The van der Waals surface area contributed by atoms with E-state index in [1.807, 2.05) is 0 Å². The molecule has 0 bridgehead atoms. The number of hydrogen-bond donors (Lipinski definition) is 2. The number of carbonyl (C=O) groups excluding carboxylic acids is 5. The van der Waals surface area contributed by atoms with Crippen LogP contribution < -0.4 is 10.1 Å². The highest BCUT2D eigenvalue weighted by molar-refractivity contribution is 6.23. The van der Waals surface area contributed by atoms with E-state index in [1.54, 1.807) is 0 Å². The molecule has 1 aliphatic carbocycles. The van der Waals surface area contributed by atoms with Gasteiger partial charge in [-0.2, -0.15) is 0 Å². The van der Waals surface area contributed by atoms with Crippen LogP contribution in [-0.2, 0) is 19.2 Å². The van der Waals surface area contributed by atoms with E-state index >= 15 is 0 Å². The molecule has 3 aliphatic rings. The number of Topliss-reactive ketones (excluding diaryl/α,β-unsaturated/α-hetero) is 1. The molecule has 2 heterocycles. The molecule has 4 amide bonds. The van der Waals surface area contributed by atoms with Gasteiger partial charge in [0.25, 0.3) is 11.8 Å². The number of carboxylic acid groups (broad SMARTS) is 1. The van der Waals surface area contributed by atoms with Crippen LogP contribution in [0.2, 0.25) is 0 Å². The van der Waals surface area contributed by atoms with Crippen molar-refractivity contribution in [2.24, 2.45) is 11.8 Å². The highest BCUT2D eigenvalue weighted by atomic mass is 16.5. The molecule has 31 heavy (non-hydrogen) atoms. The van der Waals surface area contributed by atoms with Gasteiger partial charge < -0.3 is 9.84 Å². The van der Waals surface area contributed by atoms with Gasteiger partial charge in [0.1, 0.15) is 18.4 Å². The van der Waals surface area contributed by atoms with Crippen LogP contribution in [0.4, 0.5) is 0 Å². The van der Waals surface area contributed by atoms with Crippen LogP contribution >= 0.6 is 0 Å². The van der Waals surface area contributed by atoms with E-state index in [0.717, 1.165) is 4.90 Å². The first-order chi connectivity index (χ1) is 14.8. The van der Waals surface area contributed by atoms with E-state index in [1.165, 1.54) is 18.2 Å². The molecule has 0 spiro atoms. The van der Waals surface area contributed by atoms with Crippen LogP contribution in [0.3, 0.4) is 0 Å². The number of benzene rings is 1. The molecule has 2 N–H and O–H groups in total. The molecule has 1 saturated heterocycles. The highest BCUT2D eigenvalue weighted by Crippen LogP contribution is 2.42. The zero-order valence-corrected chi connectivity index (χ0v) is 16.5. The fraction of sp³-hybridized carbons (Fsp3) is 0.429. The number of ether oxygens (including phenoxy) is 1. The van der Waals surface area contributed by atoms with Crippen molar-refractivity contribution in [2.75, 3.05) is 6.61 Å². The van der Waals surface area contributed by atoms with E-state index in [-0.39, 0.29) is 60.4 Å². The molecule has 2 fully saturated rings. The van der Waals surface area contributed by atoms with E-state index in [2.05, 4.69) is 5.32 Å². The predicted molar refractivity (Wildman–Crippen MR) is 102 cm³/mol. The summed E-state index contributed by atoms with van der Waals surface area (Å²) < 4.78 is 5.45. The fourth-order valence-electron chi connectivity index (χ4n) is 3.99. The number of hydrogen-bond acceptors (Lipinski definition) is 7. The maximum atomic E-state index is 12.8. The van der Waals surface area contributed by atoms with Crippen molar-refractivity contribution in [3.8, 4) is 5.75 Å². The maximum Gasteiger partial charge on any atom is 0.306 e. The first-order valence-electron chi connectivity index (χ1n) is 9.99. The molecule has 0 aromatic heterocycles. The monoisotopic (exact) mass is 428 g/mol. The Kier molecular flexibility index (Phi) is 5.30. The topological polar surface area (TPSA) is 147 Å². The number of aliphatic carboxylic acids is 1. The minimum Gasteiger partial charge on any atom is -0.486 e. The predicted octanol–water partition coefficient (Wildman–Crippen LogP) is 0.537. The van der Waals surface area contributed by atoms with Gasteiger partial charge in [-0.25, -0.2) is 0 Å². The van der Waals surface area contributed by atoms with Crippen molar-refractivity contribution in [1.29, 1.82) is 0 Å². The number of nitrogens with zero attached hydrogens (tertiary/aromatic N) is 1. The normalized spacial score (nSPS) is 24.6. The molecular weight excluding hydrogens is 408 g/mol. The van der Waals surface area contributed by atoms with Gasteiger partial charge in [-0.05, 0) is 43.4 Å². The van der Waals surface area contributed by atoms with E-state index < -0.39 is 35.6 Å². The van der Waals surface area contributed by atoms with Gasteiger partial charge in [0.15, 0.2) is 5.78 Å². The molecule has 0 radical (unpaired) electrons. The van der Waals surface area contributed by atoms with E-state index in [4.69, 9.17) is 9.84 Å². The number of carbonyl (C=O) groups is 6. The number of fused-ring (bicyclic) bond motifs is 1. The summed E-state index contributed by atoms with van der Waals surface area (Å²) in [6.45, 7) is -0.234. The second-order valence-corrected chi connectivity index (χ2v) is 7.96. The fourth-order valence-corrected chi connectivity index (χ4v) is 3.99. The van der Waals surface area contributed by atoms with Crippen molar-refractivity contribution in [1.82, 2.24) is 10.2 Å². The Morgan fingerprint density at radius 2 is 1.87 bits per heavy atom. The average molecular weight is 428 g/mol. The number of ketones is 1. The third kappa shape index (κ3) is 4.05. The molecule has 10 heteroatoms. The van der Waals surface area contributed by atoms with E-state index in [9.17, 15) is 28.8 Å². The van der Waals surface area contributed by atoms with Crippen molar-refractivity contribution in [3.63, 3.8) is 0 Å². The quantitative estimate of drug-likeness (QED) is 0.570. The first kappa shape index (κ1) is 20.7. The van der Waals surface area contributed by atoms with Gasteiger partial charge in [-0.15, -0.1) is 0 Å². The Morgan fingerprint density at radius 3 is 2.55 bits per heavy atom. The number of nitrogens with one attached hydrogen (secondary N) is 1.